The molecule has 0 unspecified atom stereocenters. The van der Waals surface area contributed by atoms with Crippen molar-refractivity contribution in [1.82, 2.24) is 0 Å². The quantitative estimate of drug-likeness (QED) is 0.149. The highest BCUT2D eigenvalue weighted by molar-refractivity contribution is 6.13. The van der Waals surface area contributed by atoms with Crippen LogP contribution in [0.3, 0.4) is 0 Å². The van der Waals surface area contributed by atoms with Crippen molar-refractivity contribution in [2.24, 2.45) is 0 Å². The molecule has 0 aliphatic heterocycles. The van der Waals surface area contributed by atoms with Crippen LogP contribution >= 0.6 is 0 Å². The van der Waals surface area contributed by atoms with Crippen LogP contribution in [0.1, 0.15) is 0 Å². The highest BCUT2D eigenvalue weighted by Crippen LogP contribution is 2.42. The van der Waals surface area contributed by atoms with E-state index in [1.165, 1.54) is 70.9 Å². The smallest absolute Gasteiger partial charge is 0.136 e. The SMILES string of the molecule is c1cc(-c2ccc3ccc4ccccc4c3c2)cc(N(c2ccc(-c3ccc(-c4ccc5ccc6ccccc6c5c4)cc3)cc2)c2cccc(-c3cccc4oc5ccccc5c34)c2)c1. The zero-order valence-electron chi connectivity index (χ0n) is 36.0. The molecule has 0 saturated carbocycles. The van der Waals surface area contributed by atoms with Crippen LogP contribution in [0, 0.1) is 0 Å². The summed E-state index contributed by atoms with van der Waals surface area (Å²) in [5.41, 5.74) is 14.4. The zero-order valence-corrected chi connectivity index (χ0v) is 36.0. The van der Waals surface area contributed by atoms with E-state index < -0.39 is 0 Å². The highest BCUT2D eigenvalue weighted by Gasteiger charge is 2.18. The van der Waals surface area contributed by atoms with E-state index in [1.54, 1.807) is 0 Å². The Morgan fingerprint density at radius 1 is 0.242 bits per heavy atom. The molecule has 2 nitrogen and oxygen atoms in total. The van der Waals surface area contributed by atoms with Crippen LogP contribution in [0.25, 0.3) is 110 Å². The van der Waals surface area contributed by atoms with Gasteiger partial charge in [-0.05, 0) is 148 Å². The Morgan fingerprint density at radius 2 is 0.667 bits per heavy atom. The first-order chi connectivity index (χ1) is 32.7. The van der Waals surface area contributed by atoms with Gasteiger partial charge in [-0.2, -0.15) is 0 Å². The van der Waals surface area contributed by atoms with Crippen molar-refractivity contribution in [2.45, 2.75) is 0 Å². The van der Waals surface area contributed by atoms with E-state index in [-0.39, 0.29) is 0 Å². The third-order valence-corrected chi connectivity index (χ3v) is 13.4. The van der Waals surface area contributed by atoms with Gasteiger partial charge in [0.2, 0.25) is 0 Å². The lowest BCUT2D eigenvalue weighted by molar-refractivity contribution is 0.669. The average Bonchev–Trinajstić information content (AvgIpc) is 3.78. The third kappa shape index (κ3) is 6.50. The topological polar surface area (TPSA) is 16.4 Å². The Kier molecular flexibility index (Phi) is 8.89. The minimum atomic E-state index is 0.890. The van der Waals surface area contributed by atoms with Crippen molar-refractivity contribution in [3.8, 4) is 44.5 Å². The fraction of sp³-hybridized carbons (Fsp3) is 0. The van der Waals surface area contributed by atoms with Gasteiger partial charge in [0.15, 0.2) is 0 Å². The second-order valence-corrected chi connectivity index (χ2v) is 17.3. The lowest BCUT2D eigenvalue weighted by atomic mass is 9.96. The minimum absolute atomic E-state index is 0.890. The predicted molar refractivity (Wildman–Crippen MR) is 280 cm³/mol. The fourth-order valence-corrected chi connectivity index (χ4v) is 10.1. The lowest BCUT2D eigenvalue weighted by Crippen LogP contribution is -2.10. The fourth-order valence-electron chi connectivity index (χ4n) is 10.1. The van der Waals surface area contributed by atoms with Gasteiger partial charge in [0, 0.05) is 27.8 Å². The molecule has 0 bridgehead atoms. The first-order valence-corrected chi connectivity index (χ1v) is 22.6. The van der Waals surface area contributed by atoms with Gasteiger partial charge >= 0.3 is 0 Å². The molecule has 308 valence electrons. The molecule has 0 saturated heterocycles. The summed E-state index contributed by atoms with van der Waals surface area (Å²) in [5.74, 6) is 0. The Labute approximate surface area is 382 Å². The Balaban J connectivity index is 0.896. The second-order valence-electron chi connectivity index (χ2n) is 17.3. The van der Waals surface area contributed by atoms with Crippen LogP contribution in [0.2, 0.25) is 0 Å². The molecule has 13 aromatic rings. The first kappa shape index (κ1) is 37.8. The van der Waals surface area contributed by atoms with E-state index in [9.17, 15) is 0 Å². The molecule has 66 heavy (non-hydrogen) atoms. The van der Waals surface area contributed by atoms with Crippen molar-refractivity contribution in [2.75, 3.05) is 4.90 Å². The van der Waals surface area contributed by atoms with Crippen LogP contribution < -0.4 is 4.90 Å². The lowest BCUT2D eigenvalue weighted by Gasteiger charge is -2.27. The number of benzene rings is 12. The summed E-state index contributed by atoms with van der Waals surface area (Å²) >= 11 is 0. The Morgan fingerprint density at radius 3 is 1.30 bits per heavy atom. The summed E-state index contributed by atoms with van der Waals surface area (Å²) in [6, 6.07) is 90.4. The van der Waals surface area contributed by atoms with Crippen LogP contribution in [-0.2, 0) is 0 Å². The third-order valence-electron chi connectivity index (χ3n) is 13.4. The van der Waals surface area contributed by atoms with Gasteiger partial charge in [-0.3, -0.25) is 0 Å². The summed E-state index contributed by atoms with van der Waals surface area (Å²) in [6.45, 7) is 0. The van der Waals surface area contributed by atoms with Crippen molar-refractivity contribution in [3.63, 3.8) is 0 Å². The Bertz CT molecular complexity index is 3990. The molecule has 13 rings (SSSR count). The van der Waals surface area contributed by atoms with Crippen LogP contribution in [0.5, 0.6) is 0 Å². The van der Waals surface area contributed by atoms with E-state index in [2.05, 4.69) is 241 Å². The number of anilines is 3. The maximum Gasteiger partial charge on any atom is 0.136 e. The van der Waals surface area contributed by atoms with E-state index in [0.717, 1.165) is 55.7 Å². The molecule has 12 aromatic carbocycles. The summed E-state index contributed by atoms with van der Waals surface area (Å²) in [4.78, 5) is 2.38. The number of furan rings is 1. The molecule has 1 aromatic heterocycles. The number of hydrogen-bond acceptors (Lipinski definition) is 2. The number of rotatable bonds is 7. The molecule has 0 aliphatic rings. The van der Waals surface area contributed by atoms with Crippen molar-refractivity contribution < 1.29 is 4.42 Å². The maximum atomic E-state index is 6.33. The van der Waals surface area contributed by atoms with Gasteiger partial charge in [-0.1, -0.05) is 188 Å². The average molecular weight is 840 g/mol. The van der Waals surface area contributed by atoms with Crippen molar-refractivity contribution >= 4 is 82.1 Å². The van der Waals surface area contributed by atoms with E-state index >= 15 is 0 Å². The molecule has 0 spiro atoms. The standard InChI is InChI=1S/C64H41NO/c1-3-16-56-45(10-1)26-28-47-30-32-50(40-60(47)56)44-24-22-42(23-25-44)43-34-36-53(37-35-43)65(55-15-8-13-52(39-55)58-19-9-21-63-64(58)59-18-5-6-20-62(59)66-63)54-14-7-12-49(38-54)51-33-31-48-29-27-46-11-2-4-17-57(46)61(48)41-51/h1-41H. The van der Waals surface area contributed by atoms with E-state index in [0.29, 0.717) is 0 Å². The van der Waals surface area contributed by atoms with Crippen molar-refractivity contribution in [1.29, 1.82) is 0 Å². The normalized spacial score (nSPS) is 11.6. The predicted octanol–water partition coefficient (Wildman–Crippen LogP) is 18.3. The molecule has 1 heterocycles. The van der Waals surface area contributed by atoms with Crippen LogP contribution in [0.4, 0.5) is 17.1 Å². The molecule has 2 heteroatoms. The van der Waals surface area contributed by atoms with Gasteiger partial charge in [0.1, 0.15) is 11.2 Å². The second kappa shape index (κ2) is 15.5. The molecule has 0 fully saturated rings. The van der Waals surface area contributed by atoms with Gasteiger partial charge < -0.3 is 9.32 Å². The van der Waals surface area contributed by atoms with Crippen molar-refractivity contribution in [3.05, 3.63) is 249 Å². The molecule has 0 N–H and O–H groups in total. The number of nitrogens with zero attached hydrogens (tertiary/aromatic N) is 1. The zero-order chi connectivity index (χ0) is 43.6. The number of hydrogen-bond donors (Lipinski definition) is 0. The largest absolute Gasteiger partial charge is 0.456 e. The van der Waals surface area contributed by atoms with Crippen LogP contribution in [0.15, 0.2) is 253 Å². The number of para-hydroxylation sites is 1. The van der Waals surface area contributed by atoms with Gasteiger partial charge in [-0.15, -0.1) is 0 Å². The first-order valence-electron chi connectivity index (χ1n) is 22.6. The number of fused-ring (bicyclic) bond motifs is 9. The molecule has 0 atom stereocenters. The highest BCUT2D eigenvalue weighted by atomic mass is 16.3. The molecular weight excluding hydrogens is 799 g/mol. The Hall–Kier alpha value is -8.72. The minimum Gasteiger partial charge on any atom is -0.456 e. The van der Waals surface area contributed by atoms with Gasteiger partial charge in [-0.25, -0.2) is 0 Å². The van der Waals surface area contributed by atoms with Crippen LogP contribution in [-0.4, -0.2) is 0 Å². The molecular formula is C64H41NO. The summed E-state index contributed by atoms with van der Waals surface area (Å²) in [5, 5.41) is 12.4. The summed E-state index contributed by atoms with van der Waals surface area (Å²) in [6.07, 6.45) is 0. The monoisotopic (exact) mass is 839 g/mol. The molecule has 0 amide bonds. The van der Waals surface area contributed by atoms with E-state index in [4.69, 9.17) is 4.42 Å². The van der Waals surface area contributed by atoms with E-state index in [1.807, 2.05) is 12.1 Å². The van der Waals surface area contributed by atoms with Gasteiger partial charge in [0.25, 0.3) is 0 Å². The maximum absolute atomic E-state index is 6.33. The summed E-state index contributed by atoms with van der Waals surface area (Å²) in [7, 11) is 0. The molecule has 0 aliphatic carbocycles. The van der Waals surface area contributed by atoms with Gasteiger partial charge in [0.05, 0.1) is 0 Å². The molecule has 0 radical (unpaired) electrons. The summed E-state index contributed by atoms with van der Waals surface area (Å²) < 4.78 is 6.33.